The van der Waals surface area contributed by atoms with E-state index in [-0.39, 0.29) is 0 Å². The van der Waals surface area contributed by atoms with Crippen molar-refractivity contribution in [3.8, 4) is 33.6 Å². The van der Waals surface area contributed by atoms with Crippen molar-refractivity contribution in [1.29, 1.82) is 0 Å². The van der Waals surface area contributed by atoms with Crippen LogP contribution in [-0.2, 0) is 0 Å². The second-order valence-electron chi connectivity index (χ2n) is 16.4. The molecule has 0 unspecified atom stereocenters. The molecule has 0 saturated heterocycles. The smallest absolute Gasteiger partial charge is 0.179 e. The van der Waals surface area contributed by atoms with Crippen LogP contribution in [0.15, 0.2) is 255 Å². The molecule has 0 bridgehead atoms. The van der Waals surface area contributed by atoms with Gasteiger partial charge in [-0.3, -0.25) is 0 Å². The lowest BCUT2D eigenvalue weighted by Gasteiger charge is -2.34. The number of fused-ring (bicyclic) bond motifs is 6. The molecule has 0 radical (unpaired) electrons. The zero-order valence-electron chi connectivity index (χ0n) is 34.6. The Kier molecular flexibility index (Phi) is 8.87. The Morgan fingerprint density at radius 2 is 0.714 bits per heavy atom. The van der Waals surface area contributed by atoms with E-state index in [0.29, 0.717) is 0 Å². The molecule has 3 heteroatoms. The summed E-state index contributed by atoms with van der Waals surface area (Å²) in [5.41, 5.74) is 11.9. The molecule has 2 heterocycles. The molecule has 0 N–H and O–H groups in total. The largest absolute Gasteiger partial charge is 0.309 e. The molecule has 0 aliphatic rings. The van der Waals surface area contributed by atoms with Crippen LogP contribution < -0.4 is 20.7 Å². The third kappa shape index (κ3) is 5.93. The van der Waals surface area contributed by atoms with Crippen molar-refractivity contribution in [2.45, 2.75) is 0 Å². The van der Waals surface area contributed by atoms with E-state index in [1.54, 1.807) is 0 Å². The van der Waals surface area contributed by atoms with Crippen LogP contribution >= 0.6 is 0 Å². The summed E-state index contributed by atoms with van der Waals surface area (Å²) in [4.78, 5) is 0. The first-order valence-corrected chi connectivity index (χ1v) is 23.8. The zero-order valence-corrected chi connectivity index (χ0v) is 35.6. The predicted octanol–water partition coefficient (Wildman–Crippen LogP) is 12.6. The van der Waals surface area contributed by atoms with Crippen LogP contribution in [0.25, 0.3) is 77.2 Å². The summed E-state index contributed by atoms with van der Waals surface area (Å²) < 4.78 is 4.96. The van der Waals surface area contributed by atoms with E-state index in [0.717, 1.165) is 11.4 Å². The molecule has 0 amide bonds. The summed E-state index contributed by atoms with van der Waals surface area (Å²) in [6.45, 7) is 0. The maximum atomic E-state index is 2.52. The maximum Gasteiger partial charge on any atom is 0.179 e. The van der Waals surface area contributed by atoms with E-state index in [1.165, 1.54) is 86.6 Å². The number of rotatable bonds is 8. The fourth-order valence-electron chi connectivity index (χ4n) is 10.3. The Hall–Kier alpha value is -7.98. The summed E-state index contributed by atoms with van der Waals surface area (Å²) in [6, 6.07) is 94.2. The average molecular weight is 819 g/mol. The van der Waals surface area contributed by atoms with Crippen molar-refractivity contribution >= 4 is 72.4 Å². The van der Waals surface area contributed by atoms with Gasteiger partial charge in [0.1, 0.15) is 0 Å². The second-order valence-corrected chi connectivity index (χ2v) is 20.3. The molecule has 0 saturated carbocycles. The topological polar surface area (TPSA) is 9.86 Å². The van der Waals surface area contributed by atoms with Gasteiger partial charge in [0, 0.05) is 32.8 Å². The number of nitrogens with zero attached hydrogens (tertiary/aromatic N) is 2. The quantitative estimate of drug-likeness (QED) is 0.107. The Morgan fingerprint density at radius 1 is 0.254 bits per heavy atom. The Bertz CT molecular complexity index is 3490. The van der Waals surface area contributed by atoms with Gasteiger partial charge >= 0.3 is 0 Å². The van der Waals surface area contributed by atoms with E-state index >= 15 is 0 Å². The van der Waals surface area contributed by atoms with Crippen molar-refractivity contribution in [2.24, 2.45) is 0 Å². The van der Waals surface area contributed by atoms with Gasteiger partial charge < -0.3 is 9.13 Å². The van der Waals surface area contributed by atoms with E-state index in [2.05, 4.69) is 264 Å². The average Bonchev–Trinajstić information content (AvgIpc) is 3.88. The highest BCUT2D eigenvalue weighted by Gasteiger charge is 2.41. The van der Waals surface area contributed by atoms with Crippen LogP contribution in [0, 0.1) is 0 Å². The maximum absolute atomic E-state index is 2.77. The highest BCUT2D eigenvalue weighted by atomic mass is 28.3. The molecule has 63 heavy (non-hydrogen) atoms. The summed E-state index contributed by atoms with van der Waals surface area (Å²) in [5.74, 6) is 0. The SMILES string of the molecule is c1ccc(-c2ccc(-c3ccccc3-n3c4ccccc4c4cc(-n5c6ccccc6c6ccc([Si](c7ccccc7)(c7ccccc7)c7ccccc7)cc65)ccc43)cc2)cc1. The Labute approximate surface area is 368 Å². The summed E-state index contributed by atoms with van der Waals surface area (Å²) in [6.07, 6.45) is 0. The van der Waals surface area contributed by atoms with Gasteiger partial charge in [-0.05, 0) is 79.9 Å². The Balaban J connectivity index is 1.08. The van der Waals surface area contributed by atoms with Crippen molar-refractivity contribution < 1.29 is 0 Å². The molecule has 296 valence electrons. The molecular formula is C60H42N2Si. The number of hydrogen-bond acceptors (Lipinski definition) is 0. The third-order valence-corrected chi connectivity index (χ3v) is 17.9. The molecule has 12 rings (SSSR count). The van der Waals surface area contributed by atoms with E-state index in [9.17, 15) is 0 Å². The molecule has 0 spiro atoms. The monoisotopic (exact) mass is 818 g/mol. The number of benzene rings is 10. The first-order valence-electron chi connectivity index (χ1n) is 21.8. The van der Waals surface area contributed by atoms with Crippen LogP contribution in [0.5, 0.6) is 0 Å². The van der Waals surface area contributed by atoms with E-state index in [4.69, 9.17) is 0 Å². The molecule has 12 aromatic rings. The molecule has 0 atom stereocenters. The predicted molar refractivity (Wildman–Crippen MR) is 270 cm³/mol. The number of para-hydroxylation sites is 3. The molecule has 2 nitrogen and oxygen atoms in total. The summed E-state index contributed by atoms with van der Waals surface area (Å²) in [5, 5.41) is 10.4. The minimum absolute atomic E-state index is 1.14. The van der Waals surface area contributed by atoms with Crippen LogP contribution in [0.2, 0.25) is 0 Å². The second kappa shape index (κ2) is 15.2. The Morgan fingerprint density at radius 3 is 1.35 bits per heavy atom. The zero-order chi connectivity index (χ0) is 41.7. The van der Waals surface area contributed by atoms with Crippen molar-refractivity contribution in [1.82, 2.24) is 9.13 Å². The first kappa shape index (κ1) is 36.8. The first-order chi connectivity index (χ1) is 31.3. The third-order valence-electron chi connectivity index (χ3n) is 13.1. The van der Waals surface area contributed by atoms with E-state index < -0.39 is 8.07 Å². The summed E-state index contributed by atoms with van der Waals surface area (Å²) >= 11 is 0. The molecular weight excluding hydrogens is 777 g/mol. The van der Waals surface area contributed by atoms with Crippen LogP contribution in [0.1, 0.15) is 0 Å². The fraction of sp³-hybridized carbons (Fsp3) is 0. The van der Waals surface area contributed by atoms with Crippen molar-refractivity contribution in [2.75, 3.05) is 0 Å². The van der Waals surface area contributed by atoms with Crippen LogP contribution in [0.3, 0.4) is 0 Å². The van der Waals surface area contributed by atoms with Crippen molar-refractivity contribution in [3.05, 3.63) is 255 Å². The van der Waals surface area contributed by atoms with E-state index in [1.807, 2.05) is 0 Å². The highest BCUT2D eigenvalue weighted by Crippen LogP contribution is 2.39. The minimum atomic E-state index is -2.77. The standard InChI is InChI=1S/C60H42N2Si/c1-5-19-43(20-6-1)44-33-35-45(36-34-44)51-27-13-16-30-56(51)62-58-32-18-15-29-53(58)55-41-46(37-40-59(55)62)61-57-31-17-14-28-52(57)54-39-38-50(42-60(54)61)63(47-21-7-2-8-22-47,48-23-9-3-10-24-48)49-25-11-4-12-26-49/h1-42H. The van der Waals surface area contributed by atoms with Gasteiger partial charge in [0.25, 0.3) is 0 Å². The minimum Gasteiger partial charge on any atom is -0.309 e. The van der Waals surface area contributed by atoms with Gasteiger partial charge in [0.15, 0.2) is 8.07 Å². The normalized spacial score (nSPS) is 11.8. The van der Waals surface area contributed by atoms with Gasteiger partial charge in [-0.2, -0.15) is 0 Å². The van der Waals surface area contributed by atoms with Crippen molar-refractivity contribution in [3.63, 3.8) is 0 Å². The van der Waals surface area contributed by atoms with Gasteiger partial charge in [0.05, 0.1) is 27.8 Å². The molecule has 0 aliphatic heterocycles. The van der Waals surface area contributed by atoms with Crippen LogP contribution in [-0.4, -0.2) is 17.2 Å². The number of aromatic nitrogens is 2. The molecule has 10 aromatic carbocycles. The lowest BCUT2D eigenvalue weighted by molar-refractivity contribution is 1.17. The van der Waals surface area contributed by atoms with Gasteiger partial charge in [0.2, 0.25) is 0 Å². The fourth-order valence-corrected chi connectivity index (χ4v) is 15.1. The summed E-state index contributed by atoms with van der Waals surface area (Å²) in [7, 11) is -2.77. The lowest BCUT2D eigenvalue weighted by Crippen LogP contribution is -2.74. The lowest BCUT2D eigenvalue weighted by atomic mass is 9.99. The number of hydrogen-bond donors (Lipinski definition) is 0. The van der Waals surface area contributed by atoms with Crippen LogP contribution in [0.4, 0.5) is 0 Å². The van der Waals surface area contributed by atoms with Gasteiger partial charge in [-0.1, -0.05) is 212 Å². The molecule has 2 aromatic heterocycles. The molecule has 0 fully saturated rings. The molecule has 0 aliphatic carbocycles. The van der Waals surface area contributed by atoms with Gasteiger partial charge in [-0.15, -0.1) is 0 Å². The highest BCUT2D eigenvalue weighted by molar-refractivity contribution is 7.20. The van der Waals surface area contributed by atoms with Gasteiger partial charge in [-0.25, -0.2) is 0 Å².